The molecule has 0 aromatic rings. The molecular formula is C5H16O3Si2. The first-order valence-electron chi connectivity index (χ1n) is 2.59. The number of hydrogen-bond acceptors (Lipinski definition) is 3. The summed E-state index contributed by atoms with van der Waals surface area (Å²) < 4.78 is 14.5. The van der Waals surface area contributed by atoms with Crippen LogP contribution in [0.3, 0.4) is 0 Å². The van der Waals surface area contributed by atoms with Crippen LogP contribution in [0.5, 0.6) is 0 Å². The molecule has 0 saturated heterocycles. The van der Waals surface area contributed by atoms with E-state index < -0.39 is 0 Å². The van der Waals surface area contributed by atoms with E-state index in [9.17, 15) is 0 Å². The van der Waals surface area contributed by atoms with E-state index in [0.717, 1.165) is 15.6 Å². The molecule has 10 heavy (non-hydrogen) atoms. The molecule has 0 aliphatic heterocycles. The summed E-state index contributed by atoms with van der Waals surface area (Å²) in [5, 5.41) is 0.778. The normalized spacial score (nSPS) is 7.50. The lowest BCUT2D eigenvalue weighted by atomic mass is 10.9. The molecule has 0 saturated carbocycles. The first kappa shape index (κ1) is 12.3. The monoisotopic (exact) mass is 180 g/mol. The van der Waals surface area contributed by atoms with E-state index in [4.69, 9.17) is 14.2 Å². The highest BCUT2D eigenvalue weighted by molar-refractivity contribution is 6.20. The molecule has 0 rings (SSSR count). The average Bonchev–Trinajstić information content (AvgIpc) is 1.90. The molecular weight excluding hydrogens is 164 g/mol. The van der Waals surface area contributed by atoms with Gasteiger partial charge in [-0.15, -0.1) is 0 Å². The number of ether oxygens (including phenoxy) is 3. The Bertz CT molecular complexity index is 107. The molecule has 3 nitrogen and oxygen atoms in total. The van der Waals surface area contributed by atoms with Crippen molar-refractivity contribution >= 4 is 21.2 Å². The van der Waals surface area contributed by atoms with Gasteiger partial charge in [-0.1, -0.05) is 0 Å². The van der Waals surface area contributed by atoms with Gasteiger partial charge in [0.05, 0.1) is 31.6 Å². The predicted octanol–water partition coefficient (Wildman–Crippen LogP) is -2.03. The summed E-state index contributed by atoms with van der Waals surface area (Å²) in [7, 11) is 5.50. The first-order valence-corrected chi connectivity index (χ1v) is 3.59. The molecule has 5 heteroatoms. The van der Waals surface area contributed by atoms with Crippen LogP contribution in [0, 0.1) is 0 Å². The second-order valence-electron chi connectivity index (χ2n) is 1.46. The van der Waals surface area contributed by atoms with Crippen LogP contribution < -0.4 is 0 Å². The zero-order valence-corrected chi connectivity index (χ0v) is 8.22. The van der Waals surface area contributed by atoms with Gasteiger partial charge in [0.15, 0.2) is 0 Å². The molecule has 62 valence electrons. The first-order chi connectivity index (χ1) is 4.26. The van der Waals surface area contributed by atoms with E-state index in [-0.39, 0.29) is 11.0 Å². The number of hydrogen-bond donors (Lipinski definition) is 0. The van der Waals surface area contributed by atoms with Gasteiger partial charge in [0.25, 0.3) is 0 Å². The molecule has 0 atom stereocenters. The highest BCUT2D eigenvalue weighted by Gasteiger charge is 1.98. The van der Waals surface area contributed by atoms with Gasteiger partial charge in [0, 0.05) is 0 Å². The van der Waals surface area contributed by atoms with E-state index >= 15 is 0 Å². The lowest BCUT2D eigenvalue weighted by Crippen LogP contribution is -1.98. The SMILES string of the molecule is COC([SiH3])=C(OC)OC.[SiH4]. The fourth-order valence-electron chi connectivity index (χ4n) is 0.454. The van der Waals surface area contributed by atoms with Crippen molar-refractivity contribution in [2.24, 2.45) is 0 Å². The van der Waals surface area contributed by atoms with E-state index in [1.807, 2.05) is 0 Å². The summed E-state index contributed by atoms with van der Waals surface area (Å²) in [6.45, 7) is 0. The Balaban J connectivity index is 0. The summed E-state index contributed by atoms with van der Waals surface area (Å²) >= 11 is 0. The van der Waals surface area contributed by atoms with Gasteiger partial charge in [-0.3, -0.25) is 0 Å². The predicted molar refractivity (Wildman–Crippen MR) is 49.3 cm³/mol. The minimum absolute atomic E-state index is 0. The van der Waals surface area contributed by atoms with Crippen molar-refractivity contribution in [3.05, 3.63) is 11.3 Å². The van der Waals surface area contributed by atoms with Gasteiger partial charge in [0.1, 0.15) is 5.38 Å². The molecule has 0 bridgehead atoms. The highest BCUT2D eigenvalue weighted by atomic mass is 28.1. The third kappa shape index (κ3) is 3.57. The van der Waals surface area contributed by atoms with E-state index in [1.165, 1.54) is 0 Å². The second-order valence-corrected chi connectivity index (χ2v) is 2.36. The zero-order chi connectivity index (χ0) is 7.28. The Hall–Kier alpha value is -0.426. The fraction of sp³-hybridized carbons (Fsp3) is 0.600. The van der Waals surface area contributed by atoms with Crippen molar-refractivity contribution in [3.8, 4) is 0 Å². The van der Waals surface area contributed by atoms with E-state index in [2.05, 4.69) is 0 Å². The molecule has 0 fully saturated rings. The minimum atomic E-state index is 0. The highest BCUT2D eigenvalue weighted by Crippen LogP contribution is 2.01. The van der Waals surface area contributed by atoms with Crippen molar-refractivity contribution in [1.82, 2.24) is 0 Å². The number of rotatable bonds is 3. The lowest BCUT2D eigenvalue weighted by Gasteiger charge is -2.06. The second kappa shape index (κ2) is 6.69. The zero-order valence-electron chi connectivity index (χ0n) is 6.22. The molecule has 0 aliphatic rings. The van der Waals surface area contributed by atoms with Crippen LogP contribution in [0.1, 0.15) is 0 Å². The topological polar surface area (TPSA) is 27.7 Å². The Kier molecular flexibility index (Phi) is 8.21. The molecule has 0 spiro atoms. The maximum absolute atomic E-state index is 4.89. The van der Waals surface area contributed by atoms with E-state index in [1.54, 1.807) is 21.3 Å². The Labute approximate surface area is 68.8 Å². The number of methoxy groups -OCH3 is 3. The van der Waals surface area contributed by atoms with Gasteiger partial charge in [-0.2, -0.15) is 0 Å². The molecule has 0 unspecified atom stereocenters. The van der Waals surface area contributed by atoms with Crippen molar-refractivity contribution in [2.75, 3.05) is 21.3 Å². The third-order valence-corrected chi connectivity index (χ3v) is 1.78. The maximum atomic E-state index is 4.89. The minimum Gasteiger partial charge on any atom is -0.500 e. The van der Waals surface area contributed by atoms with Gasteiger partial charge in [-0.05, 0) is 11.0 Å². The Morgan fingerprint density at radius 2 is 1.40 bits per heavy atom. The smallest absolute Gasteiger partial charge is 0.311 e. The van der Waals surface area contributed by atoms with Crippen LogP contribution in [-0.2, 0) is 14.2 Å². The van der Waals surface area contributed by atoms with Crippen LogP contribution in [0.25, 0.3) is 0 Å². The van der Waals surface area contributed by atoms with Gasteiger partial charge in [0.2, 0.25) is 0 Å². The van der Waals surface area contributed by atoms with Crippen molar-refractivity contribution in [1.29, 1.82) is 0 Å². The quantitative estimate of drug-likeness (QED) is 0.370. The fourth-order valence-corrected chi connectivity index (χ4v) is 0.862. The Morgan fingerprint density at radius 3 is 1.50 bits per heavy atom. The molecule has 0 aromatic heterocycles. The standard InChI is InChI=1S/C5H12O3Si.H4Si/c1-6-4(7-2)5(9)8-3;/h1-3,9H3;1H4. The van der Waals surface area contributed by atoms with E-state index in [0.29, 0.717) is 5.95 Å². The van der Waals surface area contributed by atoms with Gasteiger partial charge < -0.3 is 14.2 Å². The molecule has 0 aliphatic carbocycles. The van der Waals surface area contributed by atoms with Crippen LogP contribution in [0.4, 0.5) is 0 Å². The summed E-state index contributed by atoms with van der Waals surface area (Å²) in [6.07, 6.45) is 0. The van der Waals surface area contributed by atoms with Crippen LogP contribution in [0.2, 0.25) is 0 Å². The maximum Gasteiger partial charge on any atom is 0.311 e. The van der Waals surface area contributed by atoms with Crippen LogP contribution in [0.15, 0.2) is 11.3 Å². The molecule has 0 amide bonds. The van der Waals surface area contributed by atoms with Crippen molar-refractivity contribution in [3.63, 3.8) is 0 Å². The van der Waals surface area contributed by atoms with Gasteiger partial charge in [-0.25, -0.2) is 0 Å². The van der Waals surface area contributed by atoms with Crippen molar-refractivity contribution in [2.45, 2.75) is 0 Å². The van der Waals surface area contributed by atoms with Crippen molar-refractivity contribution < 1.29 is 14.2 Å². The average molecular weight is 180 g/mol. The third-order valence-electron chi connectivity index (χ3n) is 0.964. The molecule has 0 N–H and O–H groups in total. The summed E-state index contributed by atoms with van der Waals surface area (Å²) in [6, 6.07) is 0. The lowest BCUT2D eigenvalue weighted by molar-refractivity contribution is 0.0758. The van der Waals surface area contributed by atoms with Crippen LogP contribution in [-0.4, -0.2) is 42.5 Å². The summed E-state index contributed by atoms with van der Waals surface area (Å²) in [5.41, 5.74) is 0. The van der Waals surface area contributed by atoms with Crippen LogP contribution >= 0.6 is 0 Å². The summed E-state index contributed by atoms with van der Waals surface area (Å²) in [4.78, 5) is 0. The van der Waals surface area contributed by atoms with Gasteiger partial charge >= 0.3 is 5.95 Å². The molecule has 0 radical (unpaired) electrons. The largest absolute Gasteiger partial charge is 0.500 e. The molecule has 0 heterocycles. The Morgan fingerprint density at radius 1 is 1.00 bits per heavy atom. The summed E-state index contributed by atoms with van der Waals surface area (Å²) in [5.74, 6) is 0.476. The molecule has 0 aromatic carbocycles.